The number of halogens is 1. The fraction of sp³-hybridized carbons (Fsp3) is 0.333. The second-order valence-corrected chi connectivity index (χ2v) is 11.0. The number of piperazine rings is 1. The average molecular weight is 540 g/mol. The van der Waals surface area contributed by atoms with Gasteiger partial charge in [0.25, 0.3) is 0 Å². The van der Waals surface area contributed by atoms with Crippen LogP contribution in [0.3, 0.4) is 0 Å². The van der Waals surface area contributed by atoms with Gasteiger partial charge in [-0.2, -0.15) is 9.97 Å². The Labute approximate surface area is 233 Å². The molecule has 0 bridgehead atoms. The lowest BCUT2D eigenvalue weighted by molar-refractivity contribution is 0.442. The average Bonchev–Trinajstić information content (AvgIpc) is 3.58. The Bertz CT molecular complexity index is 1510. The van der Waals surface area contributed by atoms with Crippen LogP contribution in [0, 0.1) is 5.92 Å². The number of allylic oxidation sites excluding steroid dienone is 1. The summed E-state index contributed by atoms with van der Waals surface area (Å²) < 4.78 is 6.24. The summed E-state index contributed by atoms with van der Waals surface area (Å²) in [5.41, 5.74) is 6.06. The van der Waals surface area contributed by atoms with E-state index in [-0.39, 0.29) is 6.01 Å². The van der Waals surface area contributed by atoms with E-state index in [1.165, 1.54) is 29.6 Å². The molecular weight excluding hydrogens is 510 g/mol. The van der Waals surface area contributed by atoms with E-state index in [1.54, 1.807) is 6.20 Å². The lowest BCUT2D eigenvalue weighted by Crippen LogP contribution is -2.46. The zero-order valence-electron chi connectivity index (χ0n) is 21.9. The van der Waals surface area contributed by atoms with Gasteiger partial charge in [-0.05, 0) is 67.5 Å². The topological polar surface area (TPSA) is 78.8 Å². The number of pyridine rings is 1. The van der Waals surface area contributed by atoms with Crippen LogP contribution in [0.5, 0.6) is 11.8 Å². The number of aromatic nitrogens is 3. The van der Waals surface area contributed by atoms with Crippen LogP contribution < -0.4 is 19.9 Å². The third-order valence-corrected chi connectivity index (χ3v) is 8.10. The van der Waals surface area contributed by atoms with Gasteiger partial charge in [0.1, 0.15) is 23.2 Å². The van der Waals surface area contributed by atoms with Crippen molar-refractivity contribution in [1.82, 2.24) is 15.0 Å². The van der Waals surface area contributed by atoms with Crippen molar-refractivity contribution < 1.29 is 4.74 Å². The van der Waals surface area contributed by atoms with Crippen molar-refractivity contribution >= 4 is 40.8 Å². The molecule has 8 nitrogen and oxygen atoms in total. The molecule has 7 rings (SSSR count). The van der Waals surface area contributed by atoms with Crippen molar-refractivity contribution in [3.05, 3.63) is 76.1 Å². The molecule has 2 fully saturated rings. The highest BCUT2D eigenvalue weighted by molar-refractivity contribution is 6.33. The molecule has 1 aromatic carbocycles. The van der Waals surface area contributed by atoms with Crippen LogP contribution in [-0.4, -0.2) is 53.5 Å². The highest BCUT2D eigenvalue weighted by atomic mass is 35.5. The summed E-state index contributed by atoms with van der Waals surface area (Å²) in [6.45, 7) is 6.27. The fourth-order valence-electron chi connectivity index (χ4n) is 5.47. The van der Waals surface area contributed by atoms with Crippen LogP contribution >= 0.6 is 11.6 Å². The maximum atomic E-state index is 6.77. The number of benzene rings is 1. The Morgan fingerprint density at radius 3 is 2.67 bits per heavy atom. The number of hydrogen-bond acceptors (Lipinski definition) is 8. The molecule has 198 valence electrons. The minimum absolute atomic E-state index is 0.259. The third-order valence-electron chi connectivity index (χ3n) is 7.71. The second-order valence-electron chi connectivity index (χ2n) is 10.6. The maximum absolute atomic E-state index is 6.77. The number of anilines is 3. The van der Waals surface area contributed by atoms with Crippen molar-refractivity contribution in [3.8, 4) is 11.8 Å². The van der Waals surface area contributed by atoms with E-state index in [0.717, 1.165) is 62.0 Å². The Morgan fingerprint density at radius 1 is 1.03 bits per heavy atom. The molecule has 0 amide bonds. The number of aliphatic imine (C=N–C) groups is 1. The summed E-state index contributed by atoms with van der Waals surface area (Å²) in [6.07, 6.45) is 11.5. The monoisotopic (exact) mass is 539 g/mol. The number of hydrogen-bond donors (Lipinski definition) is 1. The van der Waals surface area contributed by atoms with Gasteiger partial charge in [-0.25, -0.2) is 0 Å². The van der Waals surface area contributed by atoms with Crippen molar-refractivity contribution in [2.24, 2.45) is 10.9 Å². The summed E-state index contributed by atoms with van der Waals surface area (Å²) in [5.74, 6) is 3.56. The Morgan fingerprint density at radius 2 is 1.87 bits per heavy atom. The van der Waals surface area contributed by atoms with Crippen LogP contribution in [0.25, 0.3) is 6.08 Å². The molecule has 39 heavy (non-hydrogen) atoms. The Balaban J connectivity index is 1.16. The number of amidine groups is 1. The molecule has 0 radical (unpaired) electrons. The quantitative estimate of drug-likeness (QED) is 0.426. The number of nitrogens with one attached hydrogen (secondary N) is 1. The number of fused-ring (bicyclic) bond motifs is 1. The first kappa shape index (κ1) is 24.2. The first-order chi connectivity index (χ1) is 19.1. The first-order valence-electron chi connectivity index (χ1n) is 13.6. The lowest BCUT2D eigenvalue weighted by atomic mass is 10.1. The van der Waals surface area contributed by atoms with E-state index in [1.807, 2.05) is 24.4 Å². The minimum atomic E-state index is 0.259. The molecule has 1 saturated heterocycles. The van der Waals surface area contributed by atoms with Crippen LogP contribution in [-0.2, 0) is 6.42 Å². The Kier molecular flexibility index (Phi) is 6.19. The molecule has 3 aromatic rings. The molecule has 0 unspecified atom stereocenters. The molecule has 1 N–H and O–H groups in total. The molecule has 4 heterocycles. The smallest absolute Gasteiger partial charge is 0.325 e. The largest absolute Gasteiger partial charge is 0.423 e. The number of ether oxygens (including phenoxy) is 1. The molecule has 4 aliphatic rings. The maximum Gasteiger partial charge on any atom is 0.325 e. The van der Waals surface area contributed by atoms with E-state index < -0.39 is 0 Å². The van der Waals surface area contributed by atoms with E-state index in [4.69, 9.17) is 31.3 Å². The zero-order valence-corrected chi connectivity index (χ0v) is 22.7. The lowest BCUT2D eigenvalue weighted by Gasteiger charge is -2.36. The normalized spacial score (nSPS) is 18.5. The summed E-state index contributed by atoms with van der Waals surface area (Å²) in [6, 6.07) is 10.3. The molecule has 1 saturated carbocycles. The minimum Gasteiger partial charge on any atom is -0.423 e. The van der Waals surface area contributed by atoms with Gasteiger partial charge >= 0.3 is 6.01 Å². The van der Waals surface area contributed by atoms with Gasteiger partial charge in [-0.15, -0.1) is 0 Å². The van der Waals surface area contributed by atoms with E-state index in [2.05, 4.69) is 51.3 Å². The molecule has 0 spiro atoms. The molecule has 9 heteroatoms. The number of rotatable bonds is 6. The molecular formula is C30H30ClN7O. The predicted molar refractivity (Wildman–Crippen MR) is 156 cm³/mol. The summed E-state index contributed by atoms with van der Waals surface area (Å²) in [7, 11) is 0. The van der Waals surface area contributed by atoms with Gasteiger partial charge in [0, 0.05) is 44.0 Å². The molecule has 0 atom stereocenters. The van der Waals surface area contributed by atoms with Gasteiger partial charge in [0.2, 0.25) is 0 Å². The van der Waals surface area contributed by atoms with Crippen molar-refractivity contribution in [2.45, 2.75) is 26.2 Å². The van der Waals surface area contributed by atoms with Gasteiger partial charge in [-0.1, -0.05) is 29.3 Å². The number of nitrogens with zero attached hydrogens (tertiary/aromatic N) is 6. The van der Waals surface area contributed by atoms with Crippen LogP contribution in [0.15, 0.2) is 64.9 Å². The van der Waals surface area contributed by atoms with Crippen molar-refractivity contribution in [2.75, 3.05) is 47.8 Å². The zero-order chi connectivity index (χ0) is 26.3. The molecule has 2 aliphatic heterocycles. The highest BCUT2D eigenvalue weighted by Gasteiger charge is 2.28. The fourth-order valence-corrected chi connectivity index (χ4v) is 5.75. The Hall–Kier alpha value is -3.91. The first-order valence-corrected chi connectivity index (χ1v) is 13.9. The van der Waals surface area contributed by atoms with E-state index >= 15 is 0 Å². The van der Waals surface area contributed by atoms with E-state index in [0.29, 0.717) is 22.5 Å². The van der Waals surface area contributed by atoms with Crippen LogP contribution in [0.2, 0.25) is 5.02 Å². The highest BCUT2D eigenvalue weighted by Crippen LogP contribution is 2.39. The summed E-state index contributed by atoms with van der Waals surface area (Å²) in [4.78, 5) is 23.1. The molecule has 2 aromatic heterocycles. The van der Waals surface area contributed by atoms with E-state index in [9.17, 15) is 0 Å². The van der Waals surface area contributed by atoms with Gasteiger partial charge in [0.15, 0.2) is 0 Å². The van der Waals surface area contributed by atoms with Gasteiger partial charge in [0.05, 0.1) is 23.5 Å². The molecule has 2 aliphatic carbocycles. The van der Waals surface area contributed by atoms with Crippen LogP contribution in [0.1, 0.15) is 30.9 Å². The van der Waals surface area contributed by atoms with Gasteiger partial charge in [-0.3, -0.25) is 9.98 Å². The standard InChI is InChI=1S/C30H30ClN7O/c1-19-13-21-6-7-25(29(31)24(21)14-19)39-30-35-27(34-26-15-22(17-33-26)20-4-5-20)16-28(36-30)38-11-9-37(10-12-38)23-3-2-8-32-18-23/h2-3,6-8,14-16,18,20H,4-5,9-13,17H2,1H3,(H,33,34,35,36). The third kappa shape index (κ3) is 5.08. The second kappa shape index (κ2) is 10.0. The summed E-state index contributed by atoms with van der Waals surface area (Å²) in [5, 5.41) is 4.00. The van der Waals surface area contributed by atoms with Gasteiger partial charge < -0.3 is 19.9 Å². The summed E-state index contributed by atoms with van der Waals surface area (Å²) >= 11 is 6.77. The SMILES string of the molecule is CC1=Cc2c(ccc(Oc3nc(NC4=NCC(C5CC5)=C4)cc(N4CCN(c5cccnc5)CC4)n3)c2Cl)C1. The van der Waals surface area contributed by atoms with Crippen molar-refractivity contribution in [3.63, 3.8) is 0 Å². The van der Waals surface area contributed by atoms with Crippen molar-refractivity contribution in [1.29, 1.82) is 0 Å². The van der Waals surface area contributed by atoms with Crippen LogP contribution in [0.4, 0.5) is 17.3 Å². The predicted octanol–water partition coefficient (Wildman–Crippen LogP) is 5.76.